The van der Waals surface area contributed by atoms with E-state index in [0.717, 1.165) is 31.7 Å². The van der Waals surface area contributed by atoms with Gasteiger partial charge in [0.1, 0.15) is 5.82 Å². The molecule has 17 heavy (non-hydrogen) atoms. The summed E-state index contributed by atoms with van der Waals surface area (Å²) in [6.45, 7) is 3.56. The first kappa shape index (κ1) is 12.3. The number of nitrogens with zero attached hydrogens (tertiary/aromatic N) is 1. The van der Waals surface area contributed by atoms with Gasteiger partial charge in [0.2, 0.25) is 0 Å². The van der Waals surface area contributed by atoms with Crippen molar-refractivity contribution < 1.29 is 9.13 Å². The molecule has 4 heteroatoms. The van der Waals surface area contributed by atoms with Crippen molar-refractivity contribution in [1.29, 1.82) is 0 Å². The first-order valence-corrected chi connectivity index (χ1v) is 6.13. The number of anilines is 1. The van der Waals surface area contributed by atoms with Gasteiger partial charge >= 0.3 is 0 Å². The minimum Gasteiger partial charge on any atom is -0.380 e. The van der Waals surface area contributed by atoms with E-state index in [0.29, 0.717) is 25.3 Å². The third kappa shape index (κ3) is 2.96. The SMILES string of the molecule is NCCc1cccc(F)c1N1CCCOCC1. The van der Waals surface area contributed by atoms with E-state index in [1.165, 1.54) is 6.07 Å². The molecule has 1 fully saturated rings. The molecular weight excluding hydrogens is 219 g/mol. The number of rotatable bonds is 3. The molecular formula is C13H19FN2O. The maximum Gasteiger partial charge on any atom is 0.146 e. The maximum absolute atomic E-state index is 14.0. The Morgan fingerprint density at radius 2 is 2.18 bits per heavy atom. The third-order valence-corrected chi connectivity index (χ3v) is 3.02. The number of hydrogen-bond acceptors (Lipinski definition) is 3. The largest absolute Gasteiger partial charge is 0.380 e. The molecule has 1 saturated heterocycles. The van der Waals surface area contributed by atoms with Gasteiger partial charge in [-0.1, -0.05) is 12.1 Å². The lowest BCUT2D eigenvalue weighted by atomic mass is 10.1. The van der Waals surface area contributed by atoms with Gasteiger partial charge in [-0.3, -0.25) is 0 Å². The summed E-state index contributed by atoms with van der Waals surface area (Å²) in [6.07, 6.45) is 1.65. The summed E-state index contributed by atoms with van der Waals surface area (Å²) >= 11 is 0. The molecule has 0 spiro atoms. The Morgan fingerprint density at radius 1 is 1.29 bits per heavy atom. The predicted molar refractivity (Wildman–Crippen MR) is 66.8 cm³/mol. The van der Waals surface area contributed by atoms with E-state index in [2.05, 4.69) is 4.90 Å². The third-order valence-electron chi connectivity index (χ3n) is 3.02. The van der Waals surface area contributed by atoms with E-state index in [1.54, 1.807) is 6.07 Å². The maximum atomic E-state index is 14.0. The van der Waals surface area contributed by atoms with Gasteiger partial charge in [0.15, 0.2) is 0 Å². The summed E-state index contributed by atoms with van der Waals surface area (Å²) in [7, 11) is 0. The number of ether oxygens (including phenoxy) is 1. The van der Waals surface area contributed by atoms with E-state index in [1.807, 2.05) is 6.07 Å². The standard InChI is InChI=1S/C13H19FN2O/c14-12-4-1-3-11(5-6-15)13(12)16-7-2-9-17-10-8-16/h1,3-4H,2,5-10,15H2. The number of benzene rings is 1. The summed E-state index contributed by atoms with van der Waals surface area (Å²) in [5, 5.41) is 0. The summed E-state index contributed by atoms with van der Waals surface area (Å²) in [5.74, 6) is -0.155. The van der Waals surface area contributed by atoms with Crippen molar-refractivity contribution in [2.75, 3.05) is 37.7 Å². The molecule has 0 amide bonds. The van der Waals surface area contributed by atoms with Gasteiger partial charge in [-0.25, -0.2) is 4.39 Å². The second-order valence-corrected chi connectivity index (χ2v) is 4.24. The molecule has 1 aromatic carbocycles. The molecule has 0 saturated carbocycles. The van der Waals surface area contributed by atoms with Crippen molar-refractivity contribution in [3.05, 3.63) is 29.6 Å². The molecule has 3 nitrogen and oxygen atoms in total. The van der Waals surface area contributed by atoms with Gasteiger partial charge in [-0.15, -0.1) is 0 Å². The predicted octanol–water partition coefficient (Wildman–Crippen LogP) is 1.55. The lowest BCUT2D eigenvalue weighted by molar-refractivity contribution is 0.152. The van der Waals surface area contributed by atoms with Crippen LogP contribution in [0.1, 0.15) is 12.0 Å². The average Bonchev–Trinajstić information content (AvgIpc) is 2.58. The second kappa shape index (κ2) is 5.98. The molecule has 1 aliphatic rings. The molecule has 0 aliphatic carbocycles. The van der Waals surface area contributed by atoms with Crippen LogP contribution in [0.15, 0.2) is 18.2 Å². The molecule has 1 aromatic rings. The first-order valence-electron chi connectivity index (χ1n) is 6.13. The molecule has 1 aliphatic heterocycles. The van der Waals surface area contributed by atoms with Crippen LogP contribution in [0.3, 0.4) is 0 Å². The molecule has 2 N–H and O–H groups in total. The van der Waals surface area contributed by atoms with Crippen LogP contribution >= 0.6 is 0 Å². The highest BCUT2D eigenvalue weighted by molar-refractivity contribution is 5.55. The van der Waals surface area contributed by atoms with Crippen LogP contribution in [0.25, 0.3) is 0 Å². The first-order chi connectivity index (χ1) is 8.33. The molecule has 0 bridgehead atoms. The minimum atomic E-state index is -0.155. The second-order valence-electron chi connectivity index (χ2n) is 4.24. The normalized spacial score (nSPS) is 16.9. The highest BCUT2D eigenvalue weighted by Crippen LogP contribution is 2.25. The fourth-order valence-corrected chi connectivity index (χ4v) is 2.24. The fraction of sp³-hybridized carbons (Fsp3) is 0.538. The van der Waals surface area contributed by atoms with E-state index >= 15 is 0 Å². The van der Waals surface area contributed by atoms with Gasteiger partial charge in [0.05, 0.1) is 12.3 Å². The van der Waals surface area contributed by atoms with Crippen LogP contribution in [0, 0.1) is 5.82 Å². The number of hydrogen-bond donors (Lipinski definition) is 1. The van der Waals surface area contributed by atoms with E-state index < -0.39 is 0 Å². The monoisotopic (exact) mass is 238 g/mol. The van der Waals surface area contributed by atoms with Gasteiger partial charge in [-0.2, -0.15) is 0 Å². The Bertz CT molecular complexity index is 362. The van der Waals surface area contributed by atoms with Gasteiger partial charge in [-0.05, 0) is 31.0 Å². The van der Waals surface area contributed by atoms with Crippen molar-refractivity contribution in [3.63, 3.8) is 0 Å². The number of halogens is 1. The van der Waals surface area contributed by atoms with E-state index in [9.17, 15) is 4.39 Å². The zero-order valence-electron chi connectivity index (χ0n) is 9.99. The molecule has 0 unspecified atom stereocenters. The van der Waals surface area contributed by atoms with Gasteiger partial charge < -0.3 is 15.4 Å². The van der Waals surface area contributed by atoms with Gasteiger partial charge in [0, 0.05) is 19.7 Å². The lowest BCUT2D eigenvalue weighted by Crippen LogP contribution is -2.28. The van der Waals surface area contributed by atoms with Gasteiger partial charge in [0.25, 0.3) is 0 Å². The van der Waals surface area contributed by atoms with Crippen LogP contribution in [0.5, 0.6) is 0 Å². The molecule has 0 radical (unpaired) electrons. The smallest absolute Gasteiger partial charge is 0.146 e. The van der Waals surface area contributed by atoms with Crippen LogP contribution < -0.4 is 10.6 Å². The van der Waals surface area contributed by atoms with Crippen LogP contribution in [-0.4, -0.2) is 32.8 Å². The van der Waals surface area contributed by atoms with Crippen molar-refractivity contribution in [3.8, 4) is 0 Å². The van der Waals surface area contributed by atoms with Crippen molar-refractivity contribution in [1.82, 2.24) is 0 Å². The summed E-state index contributed by atoms with van der Waals surface area (Å²) in [4.78, 5) is 2.08. The van der Waals surface area contributed by atoms with Crippen molar-refractivity contribution >= 4 is 5.69 Å². The lowest BCUT2D eigenvalue weighted by Gasteiger charge is -2.25. The minimum absolute atomic E-state index is 0.155. The van der Waals surface area contributed by atoms with Crippen LogP contribution in [-0.2, 0) is 11.2 Å². The zero-order chi connectivity index (χ0) is 12.1. The fourth-order valence-electron chi connectivity index (χ4n) is 2.24. The molecule has 94 valence electrons. The summed E-state index contributed by atoms with van der Waals surface area (Å²) in [5.41, 5.74) is 7.28. The molecule has 0 aromatic heterocycles. The Balaban J connectivity index is 2.27. The Kier molecular flexibility index (Phi) is 4.34. The Morgan fingerprint density at radius 3 is 3.00 bits per heavy atom. The van der Waals surface area contributed by atoms with E-state index in [-0.39, 0.29) is 5.82 Å². The topological polar surface area (TPSA) is 38.5 Å². The highest BCUT2D eigenvalue weighted by atomic mass is 19.1. The Labute approximate surface area is 101 Å². The highest BCUT2D eigenvalue weighted by Gasteiger charge is 2.17. The zero-order valence-corrected chi connectivity index (χ0v) is 9.99. The van der Waals surface area contributed by atoms with Crippen molar-refractivity contribution in [2.45, 2.75) is 12.8 Å². The summed E-state index contributed by atoms with van der Waals surface area (Å²) < 4.78 is 19.4. The summed E-state index contributed by atoms with van der Waals surface area (Å²) in [6, 6.07) is 5.22. The average molecular weight is 238 g/mol. The Hall–Kier alpha value is -1.13. The quantitative estimate of drug-likeness (QED) is 0.868. The number of para-hydroxylation sites is 1. The number of nitrogens with two attached hydrogens (primary N) is 1. The molecule has 0 atom stereocenters. The molecule has 1 heterocycles. The van der Waals surface area contributed by atoms with Crippen LogP contribution in [0.4, 0.5) is 10.1 Å². The van der Waals surface area contributed by atoms with Crippen molar-refractivity contribution in [2.24, 2.45) is 5.73 Å². The van der Waals surface area contributed by atoms with Crippen LogP contribution in [0.2, 0.25) is 0 Å². The van der Waals surface area contributed by atoms with E-state index in [4.69, 9.17) is 10.5 Å². The molecule has 2 rings (SSSR count).